The maximum absolute atomic E-state index is 12.4. The molecular weight excluding hydrogens is 376 g/mol. The van der Waals surface area contributed by atoms with E-state index in [0.717, 1.165) is 22.5 Å². The lowest BCUT2D eigenvalue weighted by molar-refractivity contribution is -0.111. The van der Waals surface area contributed by atoms with E-state index in [1.54, 1.807) is 19.1 Å². The van der Waals surface area contributed by atoms with Gasteiger partial charge in [0.2, 0.25) is 0 Å². The fraction of sp³-hybridized carbons (Fsp3) is 0.240. The van der Waals surface area contributed by atoms with E-state index >= 15 is 0 Å². The van der Waals surface area contributed by atoms with Crippen LogP contribution in [0.2, 0.25) is 0 Å². The topological polar surface area (TPSA) is 64.0 Å². The number of likely N-dealkylation sites (N-methyl/N-ethyl adjacent to an activating group) is 1. The minimum absolute atomic E-state index is 0.0534. The van der Waals surface area contributed by atoms with Crippen LogP contribution in [0.1, 0.15) is 18.1 Å². The quantitative estimate of drug-likeness (QED) is 0.369. The zero-order valence-electron chi connectivity index (χ0n) is 18.0. The Balaban J connectivity index is 2.03. The Morgan fingerprint density at radius 2 is 1.37 bits per heavy atom. The number of anilines is 2. The highest BCUT2D eigenvalue weighted by Gasteiger charge is 2.05. The molecule has 0 saturated carbocycles. The Kier molecular flexibility index (Phi) is 8.44. The van der Waals surface area contributed by atoms with Crippen LogP contribution in [0.5, 0.6) is 0 Å². The second-order valence-corrected chi connectivity index (χ2v) is 7.26. The molecule has 0 atom stereocenters. The molecule has 0 unspecified atom stereocenters. The van der Waals surface area contributed by atoms with Gasteiger partial charge in [0.25, 0.3) is 0 Å². The molecule has 0 aliphatic heterocycles. The molecule has 0 aliphatic rings. The molecule has 0 radical (unpaired) electrons. The number of hydrogen-bond donors (Lipinski definition) is 2. The first-order valence-electron chi connectivity index (χ1n) is 9.81. The van der Waals surface area contributed by atoms with Crippen LogP contribution in [-0.4, -0.2) is 50.3 Å². The SMILES string of the molecule is CC(C(=O)/C=C/c1ccc(N(C)CCO)cc1)=C(O)/C=C/c1ccc(N(C)C)cc1. The maximum atomic E-state index is 12.4. The predicted octanol–water partition coefficient (Wildman–Crippen LogP) is 4.31. The van der Waals surface area contributed by atoms with Crippen molar-refractivity contribution in [2.45, 2.75) is 6.92 Å². The minimum Gasteiger partial charge on any atom is -0.508 e. The predicted molar refractivity (Wildman–Crippen MR) is 126 cm³/mol. The normalized spacial score (nSPS) is 12.3. The van der Waals surface area contributed by atoms with E-state index in [0.29, 0.717) is 6.54 Å². The standard InChI is InChI=1S/C25H30N2O3/c1-19(24(29)15-9-20-5-11-22(12-6-20)26(2)3)25(30)16-10-21-7-13-23(14-8-21)27(4)17-18-28/h5-16,28-29H,17-18H2,1-4H3/b15-9+,16-10+,24-19?. The highest BCUT2D eigenvalue weighted by atomic mass is 16.3. The molecule has 2 N–H and O–H groups in total. The summed E-state index contributed by atoms with van der Waals surface area (Å²) in [5.74, 6) is -0.302. The summed E-state index contributed by atoms with van der Waals surface area (Å²) in [5, 5.41) is 19.2. The summed E-state index contributed by atoms with van der Waals surface area (Å²) in [6.07, 6.45) is 6.49. The molecule has 2 aromatic carbocycles. The average Bonchev–Trinajstić information content (AvgIpc) is 2.76. The fourth-order valence-electron chi connectivity index (χ4n) is 2.73. The number of aliphatic hydroxyl groups excluding tert-OH is 2. The number of carbonyl (C=O) groups excluding carboxylic acids is 1. The van der Waals surface area contributed by atoms with Crippen molar-refractivity contribution in [3.05, 3.63) is 83.1 Å². The molecule has 5 nitrogen and oxygen atoms in total. The Hall–Kier alpha value is -3.31. The molecule has 158 valence electrons. The lowest BCUT2D eigenvalue weighted by atomic mass is 10.1. The van der Waals surface area contributed by atoms with Gasteiger partial charge >= 0.3 is 0 Å². The molecule has 30 heavy (non-hydrogen) atoms. The molecule has 0 spiro atoms. The molecule has 5 heteroatoms. The third-order valence-electron chi connectivity index (χ3n) is 4.79. The van der Waals surface area contributed by atoms with Gasteiger partial charge in [-0.15, -0.1) is 0 Å². The summed E-state index contributed by atoms with van der Waals surface area (Å²) >= 11 is 0. The zero-order chi connectivity index (χ0) is 22.1. The van der Waals surface area contributed by atoms with Crippen LogP contribution in [-0.2, 0) is 4.79 Å². The van der Waals surface area contributed by atoms with E-state index in [4.69, 9.17) is 5.11 Å². The van der Waals surface area contributed by atoms with Gasteiger partial charge in [0.05, 0.1) is 6.61 Å². The molecule has 0 bridgehead atoms. The molecule has 0 fully saturated rings. The van der Waals surface area contributed by atoms with E-state index in [9.17, 15) is 9.90 Å². The number of benzene rings is 2. The summed E-state index contributed by atoms with van der Waals surface area (Å²) in [6, 6.07) is 15.6. The molecule has 0 heterocycles. The number of aliphatic hydroxyl groups is 2. The van der Waals surface area contributed by atoms with Crippen molar-refractivity contribution in [1.82, 2.24) is 0 Å². The van der Waals surface area contributed by atoms with Crippen LogP contribution in [0.25, 0.3) is 12.2 Å². The second kappa shape index (κ2) is 11.0. The van der Waals surface area contributed by atoms with Gasteiger partial charge in [-0.2, -0.15) is 0 Å². The van der Waals surface area contributed by atoms with Gasteiger partial charge in [-0.3, -0.25) is 4.79 Å². The smallest absolute Gasteiger partial charge is 0.185 e. The van der Waals surface area contributed by atoms with Crippen LogP contribution in [0.3, 0.4) is 0 Å². The highest BCUT2D eigenvalue weighted by molar-refractivity contribution is 6.06. The minimum atomic E-state index is -0.249. The second-order valence-electron chi connectivity index (χ2n) is 7.26. The molecule has 0 aliphatic carbocycles. The number of carbonyl (C=O) groups is 1. The number of hydrogen-bond acceptors (Lipinski definition) is 5. The van der Waals surface area contributed by atoms with Gasteiger partial charge in [0.15, 0.2) is 5.78 Å². The summed E-state index contributed by atoms with van der Waals surface area (Å²) in [7, 11) is 5.86. The van der Waals surface area contributed by atoms with Gasteiger partial charge in [-0.25, -0.2) is 0 Å². The first-order chi connectivity index (χ1) is 14.3. The Morgan fingerprint density at radius 1 is 0.867 bits per heavy atom. The van der Waals surface area contributed by atoms with Crippen LogP contribution in [0.15, 0.2) is 72.0 Å². The van der Waals surface area contributed by atoms with Gasteiger partial charge in [-0.05, 0) is 54.5 Å². The Morgan fingerprint density at radius 3 is 1.87 bits per heavy atom. The van der Waals surface area contributed by atoms with E-state index in [2.05, 4.69) is 0 Å². The monoisotopic (exact) mass is 406 g/mol. The number of ketones is 1. The van der Waals surface area contributed by atoms with E-state index < -0.39 is 0 Å². The molecular formula is C25H30N2O3. The van der Waals surface area contributed by atoms with Crippen LogP contribution in [0, 0.1) is 0 Å². The number of rotatable bonds is 9. The third-order valence-corrected chi connectivity index (χ3v) is 4.79. The summed E-state index contributed by atoms with van der Waals surface area (Å²) < 4.78 is 0. The van der Waals surface area contributed by atoms with E-state index in [-0.39, 0.29) is 23.7 Å². The van der Waals surface area contributed by atoms with Crippen LogP contribution < -0.4 is 9.80 Å². The average molecular weight is 407 g/mol. The van der Waals surface area contributed by atoms with E-state index in [1.165, 1.54) is 12.2 Å². The number of allylic oxidation sites excluding steroid dienone is 3. The lowest BCUT2D eigenvalue weighted by Crippen LogP contribution is -2.20. The highest BCUT2D eigenvalue weighted by Crippen LogP contribution is 2.16. The summed E-state index contributed by atoms with van der Waals surface area (Å²) in [5.41, 5.74) is 4.19. The number of nitrogens with zero attached hydrogens (tertiary/aromatic N) is 2. The van der Waals surface area contributed by atoms with Crippen molar-refractivity contribution in [2.24, 2.45) is 0 Å². The van der Waals surface area contributed by atoms with Gasteiger partial charge < -0.3 is 20.0 Å². The summed E-state index contributed by atoms with van der Waals surface area (Å²) in [6.45, 7) is 2.26. The molecule has 2 rings (SSSR count). The van der Waals surface area contributed by atoms with Crippen molar-refractivity contribution in [3.8, 4) is 0 Å². The molecule has 2 aromatic rings. The van der Waals surface area contributed by atoms with Crippen molar-refractivity contribution in [2.75, 3.05) is 44.1 Å². The third kappa shape index (κ3) is 6.64. The van der Waals surface area contributed by atoms with Gasteiger partial charge in [0, 0.05) is 44.6 Å². The molecule has 0 aromatic heterocycles. The first-order valence-corrected chi connectivity index (χ1v) is 9.81. The van der Waals surface area contributed by atoms with E-state index in [1.807, 2.05) is 79.5 Å². The Bertz CT molecular complexity index is 924. The van der Waals surface area contributed by atoms with Crippen molar-refractivity contribution < 1.29 is 15.0 Å². The van der Waals surface area contributed by atoms with Crippen LogP contribution in [0.4, 0.5) is 11.4 Å². The molecule has 0 amide bonds. The maximum Gasteiger partial charge on any atom is 0.185 e. The summed E-state index contributed by atoms with van der Waals surface area (Å²) in [4.78, 5) is 16.3. The molecule has 0 saturated heterocycles. The fourth-order valence-corrected chi connectivity index (χ4v) is 2.73. The largest absolute Gasteiger partial charge is 0.508 e. The lowest BCUT2D eigenvalue weighted by Gasteiger charge is -2.17. The van der Waals surface area contributed by atoms with Gasteiger partial charge in [0.1, 0.15) is 5.76 Å². The Labute approximate surface area is 178 Å². The zero-order valence-corrected chi connectivity index (χ0v) is 18.0. The van der Waals surface area contributed by atoms with Crippen molar-refractivity contribution >= 4 is 29.3 Å². The van der Waals surface area contributed by atoms with Crippen molar-refractivity contribution in [1.29, 1.82) is 0 Å². The van der Waals surface area contributed by atoms with Crippen LogP contribution >= 0.6 is 0 Å². The van der Waals surface area contributed by atoms with Gasteiger partial charge in [-0.1, -0.05) is 36.4 Å². The van der Waals surface area contributed by atoms with Crippen molar-refractivity contribution in [3.63, 3.8) is 0 Å². The first kappa shape index (κ1) is 23.0.